The molecule has 0 saturated heterocycles. The molecule has 1 N–H and O–H groups in total. The van der Waals surface area contributed by atoms with Gasteiger partial charge in [0.1, 0.15) is 0 Å². The third-order valence-electron chi connectivity index (χ3n) is 4.38. The van der Waals surface area contributed by atoms with Crippen LogP contribution >= 0.6 is 11.6 Å². The summed E-state index contributed by atoms with van der Waals surface area (Å²) >= 11 is 6.38. The van der Waals surface area contributed by atoms with Crippen molar-refractivity contribution in [3.05, 3.63) is 41.9 Å². The van der Waals surface area contributed by atoms with Crippen molar-refractivity contribution >= 4 is 17.3 Å². The van der Waals surface area contributed by atoms with Gasteiger partial charge < -0.3 is 9.88 Å². The van der Waals surface area contributed by atoms with Crippen LogP contribution in [0.1, 0.15) is 32.6 Å². The maximum Gasteiger partial charge on any atom is 0.0992 e. The molecule has 3 nitrogen and oxygen atoms in total. The molecule has 0 aliphatic heterocycles. The Labute approximate surface area is 131 Å². The Morgan fingerprint density at radius 1 is 1.38 bits per heavy atom. The molecule has 4 heteroatoms. The van der Waals surface area contributed by atoms with Gasteiger partial charge in [0, 0.05) is 18.9 Å². The first-order valence-electron chi connectivity index (χ1n) is 7.74. The lowest BCUT2D eigenvalue weighted by molar-refractivity contribution is 0.293. The fourth-order valence-corrected chi connectivity index (χ4v) is 3.58. The smallest absolute Gasteiger partial charge is 0.0992 e. The third-order valence-corrected chi connectivity index (χ3v) is 4.68. The first-order chi connectivity index (χ1) is 10.2. The number of benzene rings is 1. The van der Waals surface area contributed by atoms with Gasteiger partial charge in [-0.05, 0) is 36.8 Å². The summed E-state index contributed by atoms with van der Waals surface area (Å²) in [6.45, 7) is 3.38. The van der Waals surface area contributed by atoms with E-state index in [1.807, 2.05) is 22.9 Å². The van der Waals surface area contributed by atoms with Gasteiger partial charge in [0.05, 0.1) is 22.7 Å². The second-order valence-electron chi connectivity index (χ2n) is 6.12. The summed E-state index contributed by atoms with van der Waals surface area (Å²) in [4.78, 5) is 4.12. The number of rotatable bonds is 4. The molecule has 21 heavy (non-hydrogen) atoms. The van der Waals surface area contributed by atoms with E-state index in [0.717, 1.165) is 34.8 Å². The van der Waals surface area contributed by atoms with Crippen LogP contribution in [-0.2, 0) is 0 Å². The van der Waals surface area contributed by atoms with Crippen molar-refractivity contribution in [1.82, 2.24) is 9.55 Å². The Morgan fingerprint density at radius 2 is 2.29 bits per heavy atom. The molecular weight excluding hydrogens is 282 g/mol. The molecule has 2 unspecified atom stereocenters. The summed E-state index contributed by atoms with van der Waals surface area (Å²) in [5, 5.41) is 4.34. The topological polar surface area (TPSA) is 29.9 Å². The van der Waals surface area contributed by atoms with Gasteiger partial charge in [0.2, 0.25) is 0 Å². The van der Waals surface area contributed by atoms with Crippen molar-refractivity contribution in [2.24, 2.45) is 11.8 Å². The summed E-state index contributed by atoms with van der Waals surface area (Å²) in [5.41, 5.74) is 2.07. The highest BCUT2D eigenvalue weighted by Crippen LogP contribution is 2.31. The molecule has 0 radical (unpaired) electrons. The van der Waals surface area contributed by atoms with Crippen molar-refractivity contribution in [2.75, 3.05) is 11.9 Å². The van der Waals surface area contributed by atoms with Gasteiger partial charge in [0.25, 0.3) is 0 Å². The zero-order valence-electron chi connectivity index (χ0n) is 12.4. The Hall–Kier alpha value is -1.48. The van der Waals surface area contributed by atoms with Crippen molar-refractivity contribution < 1.29 is 0 Å². The molecule has 1 aliphatic rings. The second-order valence-corrected chi connectivity index (χ2v) is 6.53. The number of hydrogen-bond acceptors (Lipinski definition) is 2. The molecule has 112 valence electrons. The maximum atomic E-state index is 6.38. The van der Waals surface area contributed by atoms with E-state index in [0.29, 0.717) is 0 Å². The summed E-state index contributed by atoms with van der Waals surface area (Å²) in [5.74, 6) is 1.63. The Balaban J connectivity index is 1.75. The van der Waals surface area contributed by atoms with E-state index >= 15 is 0 Å². The molecule has 0 spiro atoms. The van der Waals surface area contributed by atoms with Crippen LogP contribution in [0, 0.1) is 11.8 Å². The zero-order chi connectivity index (χ0) is 14.7. The fraction of sp³-hybridized carbons (Fsp3) is 0.471. The van der Waals surface area contributed by atoms with E-state index in [1.165, 1.54) is 25.7 Å². The quantitative estimate of drug-likeness (QED) is 0.882. The molecule has 1 heterocycles. The summed E-state index contributed by atoms with van der Waals surface area (Å²) in [6, 6.07) is 6.01. The Bertz CT molecular complexity index is 580. The number of hydrogen-bond donors (Lipinski definition) is 1. The van der Waals surface area contributed by atoms with Crippen LogP contribution in [0.4, 0.5) is 5.69 Å². The van der Waals surface area contributed by atoms with Gasteiger partial charge >= 0.3 is 0 Å². The minimum absolute atomic E-state index is 0.745. The van der Waals surface area contributed by atoms with Crippen molar-refractivity contribution in [3.8, 4) is 5.69 Å². The van der Waals surface area contributed by atoms with Crippen LogP contribution in [0.2, 0.25) is 5.02 Å². The fourth-order valence-electron chi connectivity index (χ4n) is 3.31. The van der Waals surface area contributed by atoms with Crippen molar-refractivity contribution in [2.45, 2.75) is 32.6 Å². The van der Waals surface area contributed by atoms with E-state index in [2.05, 4.69) is 23.3 Å². The van der Waals surface area contributed by atoms with E-state index in [1.54, 1.807) is 12.5 Å². The van der Waals surface area contributed by atoms with Crippen LogP contribution in [0.3, 0.4) is 0 Å². The van der Waals surface area contributed by atoms with Gasteiger partial charge in [-0.25, -0.2) is 4.98 Å². The van der Waals surface area contributed by atoms with Crippen LogP contribution < -0.4 is 5.32 Å². The Kier molecular flexibility index (Phi) is 4.49. The lowest BCUT2D eigenvalue weighted by Gasteiger charge is -2.27. The van der Waals surface area contributed by atoms with Crippen molar-refractivity contribution in [3.63, 3.8) is 0 Å². The molecule has 1 saturated carbocycles. The minimum atomic E-state index is 0.745. The molecule has 2 atom stereocenters. The largest absolute Gasteiger partial charge is 0.383 e. The maximum absolute atomic E-state index is 6.38. The summed E-state index contributed by atoms with van der Waals surface area (Å²) in [6.07, 6.45) is 10.9. The average molecular weight is 304 g/mol. The summed E-state index contributed by atoms with van der Waals surface area (Å²) in [7, 11) is 0. The molecule has 1 aliphatic carbocycles. The van der Waals surface area contributed by atoms with Gasteiger partial charge in [-0.3, -0.25) is 0 Å². The molecule has 1 fully saturated rings. The number of imidazole rings is 1. The summed E-state index contributed by atoms with van der Waals surface area (Å²) < 4.78 is 1.97. The molecule has 2 aromatic rings. The zero-order valence-corrected chi connectivity index (χ0v) is 13.2. The highest BCUT2D eigenvalue weighted by Gasteiger charge is 2.19. The van der Waals surface area contributed by atoms with E-state index in [9.17, 15) is 0 Å². The molecule has 0 bridgehead atoms. The van der Waals surface area contributed by atoms with Crippen LogP contribution in [0.15, 0.2) is 36.9 Å². The highest BCUT2D eigenvalue weighted by molar-refractivity contribution is 6.33. The number of halogens is 1. The molecular formula is C17H22ClN3. The monoisotopic (exact) mass is 303 g/mol. The molecule has 0 amide bonds. The number of nitrogens with one attached hydrogen (secondary N) is 1. The predicted octanol–water partition coefficient (Wildman–Crippen LogP) is 4.76. The van der Waals surface area contributed by atoms with Gasteiger partial charge in [-0.15, -0.1) is 0 Å². The number of anilines is 1. The van der Waals surface area contributed by atoms with E-state index in [4.69, 9.17) is 11.6 Å². The predicted molar refractivity (Wildman–Crippen MR) is 88.2 cm³/mol. The van der Waals surface area contributed by atoms with Crippen LogP contribution in [0.5, 0.6) is 0 Å². The average Bonchev–Trinajstić information content (AvgIpc) is 2.99. The number of aromatic nitrogens is 2. The standard InChI is InChI=1S/C17H22ClN3/c1-13-4-2-5-14(10-13)11-20-16-7-3-6-15(18)17(16)21-9-8-19-12-21/h3,6-9,12-14,20H,2,4-5,10-11H2,1H3. The second kappa shape index (κ2) is 6.52. The normalized spacial score (nSPS) is 22.2. The van der Waals surface area contributed by atoms with Gasteiger partial charge in [-0.1, -0.05) is 37.4 Å². The van der Waals surface area contributed by atoms with Gasteiger partial charge in [0.15, 0.2) is 0 Å². The first kappa shape index (κ1) is 14.5. The van der Waals surface area contributed by atoms with Crippen LogP contribution in [0.25, 0.3) is 5.69 Å². The van der Waals surface area contributed by atoms with Crippen LogP contribution in [-0.4, -0.2) is 16.1 Å². The Morgan fingerprint density at radius 3 is 3.05 bits per heavy atom. The van der Waals surface area contributed by atoms with E-state index in [-0.39, 0.29) is 0 Å². The van der Waals surface area contributed by atoms with Gasteiger partial charge in [-0.2, -0.15) is 0 Å². The first-order valence-corrected chi connectivity index (χ1v) is 8.12. The molecule has 1 aromatic heterocycles. The number of nitrogens with zero attached hydrogens (tertiary/aromatic N) is 2. The minimum Gasteiger partial charge on any atom is -0.383 e. The molecule has 1 aromatic carbocycles. The third kappa shape index (κ3) is 3.41. The lowest BCUT2D eigenvalue weighted by atomic mass is 9.82. The van der Waals surface area contributed by atoms with E-state index < -0.39 is 0 Å². The lowest BCUT2D eigenvalue weighted by Crippen LogP contribution is -2.21. The SMILES string of the molecule is CC1CCCC(CNc2cccc(Cl)c2-n2ccnc2)C1. The highest BCUT2D eigenvalue weighted by atomic mass is 35.5. The van der Waals surface area contributed by atoms with Crippen molar-refractivity contribution in [1.29, 1.82) is 0 Å². The number of para-hydroxylation sites is 1. The molecule has 3 rings (SSSR count).